The van der Waals surface area contributed by atoms with Crippen LogP contribution < -0.4 is 14.8 Å². The average Bonchev–Trinajstić information content (AvgIpc) is 2.64. The Kier molecular flexibility index (Phi) is 5.97. The van der Waals surface area contributed by atoms with Gasteiger partial charge in [0.1, 0.15) is 5.92 Å². The summed E-state index contributed by atoms with van der Waals surface area (Å²) in [6.07, 6.45) is 0. The maximum absolute atomic E-state index is 12.5. The number of carbonyl (C=O) groups is 2. The third-order valence-corrected chi connectivity index (χ3v) is 3.99. The third-order valence-electron chi connectivity index (χ3n) is 3.99. The Labute approximate surface area is 152 Å². The van der Waals surface area contributed by atoms with Gasteiger partial charge in [-0.3, -0.25) is 9.59 Å². The van der Waals surface area contributed by atoms with Crippen molar-refractivity contribution < 1.29 is 19.1 Å². The largest absolute Gasteiger partial charge is 0.493 e. The number of carbonyl (C=O) groups excluding carboxylic acids is 2. The summed E-state index contributed by atoms with van der Waals surface area (Å²) in [5, 5.41) is 12.0. The van der Waals surface area contributed by atoms with E-state index in [9.17, 15) is 14.9 Å². The summed E-state index contributed by atoms with van der Waals surface area (Å²) < 4.78 is 10.3. The lowest BCUT2D eigenvalue weighted by molar-refractivity contribution is -0.135. The van der Waals surface area contributed by atoms with Gasteiger partial charge in [0, 0.05) is 5.69 Å². The second-order valence-corrected chi connectivity index (χ2v) is 5.81. The molecule has 2 rings (SSSR count). The number of nitriles is 1. The summed E-state index contributed by atoms with van der Waals surface area (Å²) in [4.78, 5) is 24.8. The Bertz CT molecular complexity index is 884. The van der Waals surface area contributed by atoms with Gasteiger partial charge in [0.05, 0.1) is 20.3 Å². The number of hydrogen-bond acceptors (Lipinski definition) is 5. The van der Waals surface area contributed by atoms with Gasteiger partial charge in [0.15, 0.2) is 11.5 Å². The number of Topliss-reactive ketones (excluding diaryl/α,β-unsaturated/α-hetero) is 1. The van der Waals surface area contributed by atoms with Crippen LogP contribution >= 0.6 is 0 Å². The van der Waals surface area contributed by atoms with E-state index >= 15 is 0 Å². The van der Waals surface area contributed by atoms with Gasteiger partial charge in [-0.25, -0.2) is 0 Å². The molecule has 0 bridgehead atoms. The van der Waals surface area contributed by atoms with Crippen molar-refractivity contribution in [1.29, 1.82) is 5.26 Å². The van der Waals surface area contributed by atoms with Crippen molar-refractivity contribution in [1.82, 2.24) is 0 Å². The summed E-state index contributed by atoms with van der Waals surface area (Å²) in [5.74, 6) is -2.05. The van der Waals surface area contributed by atoms with E-state index in [4.69, 9.17) is 9.47 Å². The molecule has 0 aliphatic heterocycles. The fraction of sp³-hybridized carbons (Fsp3) is 0.250. The number of anilines is 1. The number of aryl methyl sites for hydroxylation is 2. The predicted octanol–water partition coefficient (Wildman–Crippen LogP) is 3.14. The summed E-state index contributed by atoms with van der Waals surface area (Å²) in [6, 6.07) is 12.0. The van der Waals surface area contributed by atoms with Crippen molar-refractivity contribution in [2.45, 2.75) is 19.8 Å². The minimum absolute atomic E-state index is 0.367. The smallest absolute Gasteiger partial charge is 0.293 e. The molecule has 1 unspecified atom stereocenters. The third kappa shape index (κ3) is 4.01. The van der Waals surface area contributed by atoms with E-state index in [1.165, 1.54) is 20.3 Å². The molecule has 0 heterocycles. The van der Waals surface area contributed by atoms with Gasteiger partial charge in [-0.1, -0.05) is 23.8 Å². The van der Waals surface area contributed by atoms with Gasteiger partial charge in [0.2, 0.25) is 5.78 Å². The lowest BCUT2D eigenvalue weighted by Gasteiger charge is -2.13. The molecule has 0 saturated heterocycles. The van der Waals surface area contributed by atoms with Crippen LogP contribution in [0.25, 0.3) is 0 Å². The highest BCUT2D eigenvalue weighted by Crippen LogP contribution is 2.31. The van der Waals surface area contributed by atoms with Crippen LogP contribution in [0.4, 0.5) is 5.69 Å². The molecule has 6 nitrogen and oxygen atoms in total. The number of methoxy groups -OCH3 is 2. The Morgan fingerprint density at radius 3 is 2.31 bits per heavy atom. The molecule has 0 aromatic heterocycles. The van der Waals surface area contributed by atoms with E-state index < -0.39 is 17.6 Å². The molecule has 0 saturated carbocycles. The zero-order valence-corrected chi connectivity index (χ0v) is 15.1. The quantitative estimate of drug-likeness (QED) is 0.807. The van der Waals surface area contributed by atoms with E-state index in [1.807, 2.05) is 32.0 Å². The predicted molar refractivity (Wildman–Crippen MR) is 97.5 cm³/mol. The second kappa shape index (κ2) is 8.17. The number of rotatable bonds is 6. The van der Waals surface area contributed by atoms with Crippen LogP contribution in [0.5, 0.6) is 11.5 Å². The minimum Gasteiger partial charge on any atom is -0.493 e. The van der Waals surface area contributed by atoms with Gasteiger partial charge in [-0.15, -0.1) is 0 Å². The van der Waals surface area contributed by atoms with E-state index in [0.717, 1.165) is 11.1 Å². The summed E-state index contributed by atoms with van der Waals surface area (Å²) in [7, 11) is 2.94. The van der Waals surface area contributed by atoms with Crippen LogP contribution in [-0.4, -0.2) is 25.9 Å². The highest BCUT2D eigenvalue weighted by Gasteiger charge is 2.28. The topological polar surface area (TPSA) is 88.4 Å². The second-order valence-electron chi connectivity index (χ2n) is 5.81. The average molecular weight is 352 g/mol. The van der Waals surface area contributed by atoms with Gasteiger partial charge in [0.25, 0.3) is 5.91 Å². The maximum atomic E-state index is 12.5. The van der Waals surface area contributed by atoms with Gasteiger partial charge in [-0.05, 0) is 43.2 Å². The van der Waals surface area contributed by atoms with E-state index in [-0.39, 0.29) is 0 Å². The first-order valence-corrected chi connectivity index (χ1v) is 7.95. The number of hydrogen-bond donors (Lipinski definition) is 1. The van der Waals surface area contributed by atoms with Crippen molar-refractivity contribution in [3.05, 3.63) is 53.1 Å². The molecule has 0 spiro atoms. The maximum Gasteiger partial charge on any atom is 0.293 e. The number of benzene rings is 2. The van der Waals surface area contributed by atoms with Gasteiger partial charge >= 0.3 is 0 Å². The Morgan fingerprint density at radius 1 is 1.04 bits per heavy atom. The molecule has 0 fully saturated rings. The Hall–Kier alpha value is -3.33. The van der Waals surface area contributed by atoms with Crippen LogP contribution in [0, 0.1) is 25.2 Å². The number of amides is 1. The van der Waals surface area contributed by atoms with Crippen molar-refractivity contribution >= 4 is 17.4 Å². The monoisotopic (exact) mass is 352 g/mol. The molecule has 26 heavy (non-hydrogen) atoms. The highest BCUT2D eigenvalue weighted by atomic mass is 16.5. The number of nitrogens with one attached hydrogen (secondary N) is 1. The van der Waals surface area contributed by atoms with Crippen LogP contribution in [0.1, 0.15) is 22.6 Å². The molecule has 1 atom stereocenters. The standard InChI is InChI=1S/C20H20N2O4/c1-12-5-7-16(13(2)9-12)22-20(24)19(23)15(11-21)14-6-8-17(25-3)18(10-14)26-4/h5-10,15H,1-4H3,(H,22,24). The Morgan fingerprint density at radius 2 is 1.73 bits per heavy atom. The SMILES string of the molecule is COc1ccc(C(C#N)C(=O)C(=O)Nc2ccc(C)cc2C)cc1OC. The van der Waals surface area contributed by atoms with E-state index in [0.29, 0.717) is 22.7 Å². The van der Waals surface area contributed by atoms with Gasteiger partial charge in [-0.2, -0.15) is 5.26 Å². The van der Waals surface area contributed by atoms with Crippen molar-refractivity contribution in [3.8, 4) is 17.6 Å². The molecular weight excluding hydrogens is 332 g/mol. The fourth-order valence-electron chi connectivity index (χ4n) is 2.59. The Balaban J connectivity index is 2.25. The molecule has 0 aliphatic rings. The van der Waals surface area contributed by atoms with Crippen molar-refractivity contribution in [2.24, 2.45) is 0 Å². The molecule has 2 aromatic carbocycles. The zero-order chi connectivity index (χ0) is 19.3. The molecule has 0 aliphatic carbocycles. The van der Waals surface area contributed by atoms with Crippen LogP contribution in [-0.2, 0) is 9.59 Å². The molecular formula is C20H20N2O4. The molecule has 0 radical (unpaired) electrons. The van der Waals surface area contributed by atoms with E-state index in [1.54, 1.807) is 18.2 Å². The summed E-state index contributed by atoms with van der Waals surface area (Å²) in [5.41, 5.74) is 2.79. The number of ether oxygens (including phenoxy) is 2. The van der Waals surface area contributed by atoms with E-state index in [2.05, 4.69) is 5.32 Å². The molecule has 6 heteroatoms. The zero-order valence-electron chi connectivity index (χ0n) is 15.1. The first-order chi connectivity index (χ1) is 12.4. The fourth-order valence-corrected chi connectivity index (χ4v) is 2.59. The molecule has 2 aromatic rings. The molecule has 1 amide bonds. The lowest BCUT2D eigenvalue weighted by Crippen LogP contribution is -2.28. The summed E-state index contributed by atoms with van der Waals surface area (Å²) >= 11 is 0. The highest BCUT2D eigenvalue weighted by molar-refractivity contribution is 6.43. The first-order valence-electron chi connectivity index (χ1n) is 7.95. The normalized spacial score (nSPS) is 11.2. The van der Waals surface area contributed by atoms with Crippen LogP contribution in [0.15, 0.2) is 36.4 Å². The van der Waals surface area contributed by atoms with Crippen molar-refractivity contribution in [3.63, 3.8) is 0 Å². The minimum atomic E-state index is -1.24. The molecule has 134 valence electrons. The lowest BCUT2D eigenvalue weighted by atomic mass is 9.95. The first kappa shape index (κ1) is 19.0. The number of nitrogens with zero attached hydrogens (tertiary/aromatic N) is 1. The van der Waals surface area contributed by atoms with Gasteiger partial charge < -0.3 is 14.8 Å². The summed E-state index contributed by atoms with van der Waals surface area (Å²) in [6.45, 7) is 3.77. The molecule has 1 N–H and O–H groups in total. The number of ketones is 1. The van der Waals surface area contributed by atoms with Crippen molar-refractivity contribution in [2.75, 3.05) is 19.5 Å². The van der Waals surface area contributed by atoms with Crippen LogP contribution in [0.2, 0.25) is 0 Å². The van der Waals surface area contributed by atoms with Crippen LogP contribution in [0.3, 0.4) is 0 Å².